The van der Waals surface area contributed by atoms with Crippen molar-refractivity contribution in [1.82, 2.24) is 20.0 Å². The Morgan fingerprint density at radius 2 is 1.80 bits per heavy atom. The second-order valence-electron chi connectivity index (χ2n) is 11.2. The van der Waals surface area contributed by atoms with Gasteiger partial charge in [0.1, 0.15) is 0 Å². The number of amides is 1. The van der Waals surface area contributed by atoms with Gasteiger partial charge in [-0.15, -0.1) is 0 Å². The number of rotatable bonds is 8. The Balaban J connectivity index is 1.19. The molecule has 0 aromatic heterocycles. The summed E-state index contributed by atoms with van der Waals surface area (Å²) < 4.78 is 19.8. The Morgan fingerprint density at radius 3 is 2.45 bits per heavy atom. The van der Waals surface area contributed by atoms with E-state index in [2.05, 4.69) is 39.1 Å². The van der Waals surface area contributed by atoms with Crippen molar-refractivity contribution in [2.45, 2.75) is 56.8 Å². The van der Waals surface area contributed by atoms with Crippen LogP contribution in [0.4, 0.5) is 4.39 Å². The van der Waals surface area contributed by atoms with Crippen molar-refractivity contribution in [2.75, 3.05) is 46.9 Å². The largest absolute Gasteiger partial charge is 0.494 e. The third kappa shape index (κ3) is 6.07. The third-order valence-electron chi connectivity index (χ3n) is 8.65. The number of hydrogen-bond acceptors (Lipinski definition) is 6. The summed E-state index contributed by atoms with van der Waals surface area (Å²) in [5, 5.41) is 2.97. The summed E-state index contributed by atoms with van der Waals surface area (Å²) in [7, 11) is 3.00. The van der Waals surface area contributed by atoms with Crippen LogP contribution in [0.15, 0.2) is 36.4 Å². The molecule has 1 N–H and O–H groups in total. The molecule has 0 spiro atoms. The van der Waals surface area contributed by atoms with Gasteiger partial charge in [-0.1, -0.05) is 49.3 Å². The van der Waals surface area contributed by atoms with Gasteiger partial charge in [0.05, 0.1) is 19.2 Å². The van der Waals surface area contributed by atoms with Crippen LogP contribution in [-0.4, -0.2) is 85.4 Å². The molecule has 1 saturated carbocycles. The molecule has 212 valence electrons. The highest BCUT2D eigenvalue weighted by molar-refractivity contribution is 5.99. The Morgan fingerprint density at radius 1 is 1.07 bits per heavy atom. The fraction of sp³-hybridized carbons (Fsp3) is 0.500. The standard InChI is InChI=1S/C32H39FN4O3/c1-34-32(23-38,22-37-21-26-12-13-28(40-2)30(33)29(26)31(37)39)15-14-24-8-10-25(11-9-24)20-35-16-18-36(19-17-35)27-6-4-3-5-7-27/h8-13,23,27,34H,3-7,16-22H2,1-2H3. The summed E-state index contributed by atoms with van der Waals surface area (Å²) in [5.41, 5.74) is 1.31. The molecule has 2 fully saturated rings. The normalized spacial score (nSPS) is 20.0. The number of nitrogens with one attached hydrogen (secondary N) is 1. The number of ether oxygens (including phenoxy) is 1. The lowest BCUT2D eigenvalue weighted by Gasteiger charge is -2.40. The van der Waals surface area contributed by atoms with Gasteiger partial charge in [-0.25, -0.2) is 4.39 Å². The number of nitrogens with zero attached hydrogens (tertiary/aromatic N) is 3. The second kappa shape index (κ2) is 12.5. The minimum Gasteiger partial charge on any atom is -0.494 e. The van der Waals surface area contributed by atoms with E-state index in [1.165, 1.54) is 55.7 Å². The van der Waals surface area contributed by atoms with E-state index in [0.717, 1.165) is 44.3 Å². The van der Waals surface area contributed by atoms with Crippen LogP contribution in [0.25, 0.3) is 0 Å². The van der Waals surface area contributed by atoms with Crippen molar-refractivity contribution in [3.63, 3.8) is 0 Å². The van der Waals surface area contributed by atoms with Gasteiger partial charge in [-0.2, -0.15) is 0 Å². The molecule has 40 heavy (non-hydrogen) atoms. The van der Waals surface area contributed by atoms with Crippen LogP contribution in [-0.2, 0) is 17.9 Å². The number of aldehydes is 1. The average molecular weight is 547 g/mol. The molecule has 1 saturated heterocycles. The molecule has 1 unspecified atom stereocenters. The quantitative estimate of drug-likeness (QED) is 0.404. The fourth-order valence-corrected chi connectivity index (χ4v) is 6.16. The van der Waals surface area contributed by atoms with E-state index in [0.29, 0.717) is 11.8 Å². The highest BCUT2D eigenvalue weighted by Crippen LogP contribution is 2.31. The minimum atomic E-state index is -1.28. The van der Waals surface area contributed by atoms with Crippen molar-refractivity contribution in [1.29, 1.82) is 0 Å². The number of piperazine rings is 1. The van der Waals surface area contributed by atoms with Gasteiger partial charge < -0.3 is 14.4 Å². The van der Waals surface area contributed by atoms with E-state index >= 15 is 0 Å². The summed E-state index contributed by atoms with van der Waals surface area (Å²) in [6.45, 7) is 5.61. The lowest BCUT2D eigenvalue weighted by Crippen LogP contribution is -2.52. The Kier molecular flexibility index (Phi) is 8.84. The summed E-state index contributed by atoms with van der Waals surface area (Å²) in [5.74, 6) is 5.02. The molecule has 1 amide bonds. The van der Waals surface area contributed by atoms with Crippen LogP contribution in [0.2, 0.25) is 0 Å². The zero-order chi connectivity index (χ0) is 28.1. The van der Waals surface area contributed by atoms with Crippen LogP contribution in [0.3, 0.4) is 0 Å². The lowest BCUT2D eigenvalue weighted by atomic mass is 9.94. The molecule has 8 heteroatoms. The van der Waals surface area contributed by atoms with E-state index in [9.17, 15) is 14.0 Å². The number of fused-ring (bicyclic) bond motifs is 1. The van der Waals surface area contributed by atoms with Gasteiger partial charge in [-0.3, -0.25) is 19.9 Å². The lowest BCUT2D eigenvalue weighted by molar-refractivity contribution is -0.111. The molecule has 2 aromatic carbocycles. The zero-order valence-corrected chi connectivity index (χ0v) is 23.5. The first-order valence-corrected chi connectivity index (χ1v) is 14.3. The van der Waals surface area contributed by atoms with Crippen LogP contribution < -0.4 is 10.1 Å². The van der Waals surface area contributed by atoms with E-state index in [-0.39, 0.29) is 24.4 Å². The zero-order valence-electron chi connectivity index (χ0n) is 23.5. The molecule has 2 heterocycles. The van der Waals surface area contributed by atoms with Gasteiger partial charge >= 0.3 is 0 Å². The summed E-state index contributed by atoms with van der Waals surface area (Å²) in [6.07, 6.45) is 7.58. The van der Waals surface area contributed by atoms with Crippen molar-refractivity contribution in [3.05, 3.63) is 64.5 Å². The smallest absolute Gasteiger partial charge is 0.257 e. The maximum absolute atomic E-state index is 14.7. The van der Waals surface area contributed by atoms with E-state index in [4.69, 9.17) is 4.74 Å². The molecule has 0 radical (unpaired) electrons. The number of halogens is 1. The first-order chi connectivity index (χ1) is 19.4. The van der Waals surface area contributed by atoms with E-state index < -0.39 is 17.3 Å². The third-order valence-corrected chi connectivity index (χ3v) is 8.65. The highest BCUT2D eigenvalue weighted by atomic mass is 19.1. The molecule has 0 bridgehead atoms. The second-order valence-corrected chi connectivity index (χ2v) is 11.2. The summed E-state index contributed by atoms with van der Waals surface area (Å²) >= 11 is 0. The molecule has 3 aliphatic rings. The maximum atomic E-state index is 14.7. The number of likely N-dealkylation sites (N-methyl/N-ethyl adjacent to an activating group) is 1. The van der Waals surface area contributed by atoms with Crippen molar-refractivity contribution in [3.8, 4) is 17.6 Å². The van der Waals surface area contributed by atoms with Crippen LogP contribution >= 0.6 is 0 Å². The predicted octanol–water partition coefficient (Wildman–Crippen LogP) is 3.45. The number of hydrogen-bond donors (Lipinski definition) is 1. The SMILES string of the molecule is CNC(C#Cc1ccc(CN2CCN(C3CCCCC3)CC2)cc1)(C=O)CN1Cc2ccc(OC)c(F)c2C1=O. The molecule has 1 aliphatic carbocycles. The molecule has 7 nitrogen and oxygen atoms in total. The number of carbonyl (C=O) groups excluding carboxylic acids is 2. The molecule has 1 atom stereocenters. The Labute approximate surface area is 236 Å². The number of methoxy groups -OCH3 is 1. The van der Waals surface area contributed by atoms with Gasteiger partial charge in [0.25, 0.3) is 5.91 Å². The minimum absolute atomic E-state index is 0.000186. The van der Waals surface area contributed by atoms with E-state index in [1.807, 2.05) is 12.1 Å². The Hall–Kier alpha value is -3.25. The monoisotopic (exact) mass is 546 g/mol. The molecular formula is C32H39FN4O3. The first-order valence-electron chi connectivity index (χ1n) is 14.3. The van der Waals surface area contributed by atoms with Gasteiger partial charge in [0, 0.05) is 50.9 Å². The molecule has 2 aromatic rings. The highest BCUT2D eigenvalue weighted by Gasteiger charge is 2.38. The van der Waals surface area contributed by atoms with E-state index in [1.54, 1.807) is 13.1 Å². The Bertz CT molecular complexity index is 1270. The molecular weight excluding hydrogens is 507 g/mol. The van der Waals surface area contributed by atoms with Crippen molar-refractivity contribution < 1.29 is 18.7 Å². The topological polar surface area (TPSA) is 65.1 Å². The van der Waals surface area contributed by atoms with Gasteiger partial charge in [0.2, 0.25) is 0 Å². The predicted molar refractivity (Wildman–Crippen MR) is 153 cm³/mol. The first kappa shape index (κ1) is 28.3. The van der Waals surface area contributed by atoms with Crippen LogP contribution in [0, 0.1) is 17.7 Å². The molecule has 5 rings (SSSR count). The van der Waals surface area contributed by atoms with Gasteiger partial charge in [0.15, 0.2) is 23.4 Å². The summed E-state index contributed by atoms with van der Waals surface area (Å²) in [6, 6.07) is 12.1. The molecule has 2 aliphatic heterocycles. The van der Waals surface area contributed by atoms with Crippen molar-refractivity contribution in [2.24, 2.45) is 0 Å². The van der Waals surface area contributed by atoms with Crippen LogP contribution in [0.1, 0.15) is 59.2 Å². The number of benzene rings is 2. The van der Waals surface area contributed by atoms with Crippen molar-refractivity contribution >= 4 is 12.2 Å². The summed E-state index contributed by atoms with van der Waals surface area (Å²) in [4.78, 5) is 31.9. The maximum Gasteiger partial charge on any atom is 0.257 e. The van der Waals surface area contributed by atoms with Gasteiger partial charge in [-0.05, 0) is 49.2 Å². The average Bonchev–Trinajstić information content (AvgIpc) is 3.32. The fourth-order valence-electron chi connectivity index (χ4n) is 6.16. The van der Waals surface area contributed by atoms with Crippen LogP contribution in [0.5, 0.6) is 5.75 Å². The number of carbonyl (C=O) groups is 2.